The van der Waals surface area contributed by atoms with E-state index in [9.17, 15) is 4.79 Å². The van der Waals surface area contributed by atoms with Gasteiger partial charge in [0.25, 0.3) is 5.91 Å². The average Bonchev–Trinajstić information content (AvgIpc) is 2.25. The predicted octanol–water partition coefficient (Wildman–Crippen LogP) is 1.68. The summed E-state index contributed by atoms with van der Waals surface area (Å²) >= 11 is 0. The standard InChI is InChI=1S/C11H12N2O2/c1-2-3-8-12-13-11(15)9-4-6-10(14)7-5-9/h2-8,14H,1H3,(H,13,15). The fourth-order valence-electron chi connectivity index (χ4n) is 0.902. The molecule has 1 aromatic rings. The summed E-state index contributed by atoms with van der Waals surface area (Å²) < 4.78 is 0. The quantitative estimate of drug-likeness (QED) is 0.581. The molecule has 15 heavy (non-hydrogen) atoms. The van der Waals surface area contributed by atoms with E-state index >= 15 is 0 Å². The first kappa shape index (κ1) is 11.0. The minimum Gasteiger partial charge on any atom is -0.508 e. The van der Waals surface area contributed by atoms with Gasteiger partial charge in [-0.2, -0.15) is 5.10 Å². The number of rotatable bonds is 3. The van der Waals surface area contributed by atoms with Gasteiger partial charge in [0.1, 0.15) is 5.75 Å². The molecule has 1 rings (SSSR count). The SMILES string of the molecule is CC=CC=NNC(=O)c1ccc(O)cc1. The van der Waals surface area contributed by atoms with Crippen molar-refractivity contribution in [2.75, 3.05) is 0 Å². The molecule has 0 spiro atoms. The van der Waals surface area contributed by atoms with Crippen molar-refractivity contribution >= 4 is 12.1 Å². The lowest BCUT2D eigenvalue weighted by atomic mass is 10.2. The molecule has 0 bridgehead atoms. The van der Waals surface area contributed by atoms with E-state index in [1.807, 2.05) is 6.92 Å². The zero-order valence-electron chi connectivity index (χ0n) is 8.34. The summed E-state index contributed by atoms with van der Waals surface area (Å²) in [6, 6.07) is 5.95. The fraction of sp³-hybridized carbons (Fsp3) is 0.0909. The zero-order chi connectivity index (χ0) is 11.1. The molecule has 0 radical (unpaired) electrons. The fourth-order valence-corrected chi connectivity index (χ4v) is 0.902. The maximum atomic E-state index is 11.4. The van der Waals surface area contributed by atoms with Crippen molar-refractivity contribution in [2.24, 2.45) is 5.10 Å². The van der Waals surface area contributed by atoms with E-state index in [2.05, 4.69) is 10.5 Å². The molecule has 0 fully saturated rings. The zero-order valence-corrected chi connectivity index (χ0v) is 8.34. The molecule has 4 heteroatoms. The lowest BCUT2D eigenvalue weighted by Crippen LogP contribution is -2.16. The molecule has 0 unspecified atom stereocenters. The van der Waals surface area contributed by atoms with Gasteiger partial charge in [-0.3, -0.25) is 4.79 Å². The van der Waals surface area contributed by atoms with Gasteiger partial charge in [-0.1, -0.05) is 6.08 Å². The molecule has 4 nitrogen and oxygen atoms in total. The van der Waals surface area contributed by atoms with Crippen LogP contribution in [0, 0.1) is 0 Å². The number of amides is 1. The molecule has 1 aromatic carbocycles. The highest BCUT2D eigenvalue weighted by Gasteiger charge is 2.02. The third kappa shape index (κ3) is 3.64. The number of hydrazone groups is 1. The second-order valence-corrected chi connectivity index (χ2v) is 2.79. The number of nitrogens with zero attached hydrogens (tertiary/aromatic N) is 1. The maximum Gasteiger partial charge on any atom is 0.271 e. The van der Waals surface area contributed by atoms with Crippen molar-refractivity contribution < 1.29 is 9.90 Å². The van der Waals surface area contributed by atoms with Crippen LogP contribution in [0.5, 0.6) is 5.75 Å². The molecule has 78 valence electrons. The van der Waals surface area contributed by atoms with Crippen LogP contribution >= 0.6 is 0 Å². The highest BCUT2D eigenvalue weighted by molar-refractivity contribution is 5.94. The molecule has 0 heterocycles. The largest absolute Gasteiger partial charge is 0.508 e. The molecule has 2 N–H and O–H groups in total. The molecule has 0 aliphatic heterocycles. The van der Waals surface area contributed by atoms with Gasteiger partial charge in [-0.15, -0.1) is 0 Å². The number of carbonyl (C=O) groups excluding carboxylic acids is 1. The van der Waals surface area contributed by atoms with Crippen LogP contribution in [0.1, 0.15) is 17.3 Å². The number of benzene rings is 1. The smallest absolute Gasteiger partial charge is 0.271 e. The van der Waals surface area contributed by atoms with Gasteiger partial charge < -0.3 is 5.11 Å². The Bertz CT molecular complexity index is 380. The second-order valence-electron chi connectivity index (χ2n) is 2.79. The van der Waals surface area contributed by atoms with Crippen molar-refractivity contribution in [3.8, 4) is 5.75 Å². The molecular formula is C11H12N2O2. The number of phenols is 1. The van der Waals surface area contributed by atoms with Gasteiger partial charge in [-0.05, 0) is 37.3 Å². The summed E-state index contributed by atoms with van der Waals surface area (Å²) in [5.74, 6) is -0.181. The number of aromatic hydroxyl groups is 1. The maximum absolute atomic E-state index is 11.4. The van der Waals surface area contributed by atoms with E-state index in [-0.39, 0.29) is 11.7 Å². The Hall–Kier alpha value is -2.10. The van der Waals surface area contributed by atoms with Crippen LogP contribution < -0.4 is 5.43 Å². The summed E-state index contributed by atoms with van der Waals surface area (Å²) in [5, 5.41) is 12.7. The van der Waals surface area contributed by atoms with Crippen LogP contribution in [0.2, 0.25) is 0 Å². The molecule has 0 saturated carbocycles. The first-order valence-electron chi connectivity index (χ1n) is 4.47. The molecular weight excluding hydrogens is 192 g/mol. The van der Waals surface area contributed by atoms with Crippen LogP contribution in [0.25, 0.3) is 0 Å². The van der Waals surface area contributed by atoms with Gasteiger partial charge in [-0.25, -0.2) is 5.43 Å². The number of allylic oxidation sites excluding steroid dienone is 2. The van der Waals surface area contributed by atoms with Gasteiger partial charge >= 0.3 is 0 Å². The van der Waals surface area contributed by atoms with E-state index in [1.54, 1.807) is 12.2 Å². The summed E-state index contributed by atoms with van der Waals surface area (Å²) in [5.41, 5.74) is 2.80. The molecule has 0 aliphatic carbocycles. The third-order valence-electron chi connectivity index (χ3n) is 1.65. The number of carbonyl (C=O) groups is 1. The summed E-state index contributed by atoms with van der Waals surface area (Å²) in [4.78, 5) is 11.4. The lowest BCUT2D eigenvalue weighted by molar-refractivity contribution is 0.0955. The topological polar surface area (TPSA) is 61.7 Å². The summed E-state index contributed by atoms with van der Waals surface area (Å²) in [7, 11) is 0. The van der Waals surface area contributed by atoms with Crippen molar-refractivity contribution in [3.63, 3.8) is 0 Å². The summed E-state index contributed by atoms with van der Waals surface area (Å²) in [6.07, 6.45) is 4.99. The monoisotopic (exact) mass is 204 g/mol. The Balaban J connectivity index is 2.58. The Labute approximate surface area is 87.9 Å². The van der Waals surface area contributed by atoms with E-state index < -0.39 is 0 Å². The van der Waals surface area contributed by atoms with Crippen LogP contribution in [-0.2, 0) is 0 Å². The first-order chi connectivity index (χ1) is 7.24. The Morgan fingerprint density at radius 2 is 2.07 bits per heavy atom. The molecule has 0 aromatic heterocycles. The van der Waals surface area contributed by atoms with Gasteiger partial charge in [0.05, 0.1) is 0 Å². The highest BCUT2D eigenvalue weighted by atomic mass is 16.3. The van der Waals surface area contributed by atoms with Gasteiger partial charge in [0.15, 0.2) is 0 Å². The number of nitrogens with one attached hydrogen (secondary N) is 1. The average molecular weight is 204 g/mol. The summed E-state index contributed by atoms with van der Waals surface area (Å²) in [6.45, 7) is 1.85. The Morgan fingerprint density at radius 3 is 2.67 bits per heavy atom. The Kier molecular flexibility index (Phi) is 4.09. The normalized spacial score (nSPS) is 11.0. The van der Waals surface area contributed by atoms with Gasteiger partial charge in [0, 0.05) is 11.8 Å². The lowest BCUT2D eigenvalue weighted by Gasteiger charge is -1.98. The van der Waals surface area contributed by atoms with Crippen molar-refractivity contribution in [1.29, 1.82) is 0 Å². The predicted molar refractivity (Wildman–Crippen MR) is 58.9 cm³/mol. The van der Waals surface area contributed by atoms with Crippen molar-refractivity contribution in [3.05, 3.63) is 42.0 Å². The minimum atomic E-state index is -0.309. The number of hydrogen-bond donors (Lipinski definition) is 2. The molecule has 0 saturated heterocycles. The van der Waals surface area contributed by atoms with Crippen LogP contribution in [0.15, 0.2) is 41.5 Å². The second kappa shape index (κ2) is 5.59. The van der Waals surface area contributed by atoms with E-state index in [1.165, 1.54) is 30.5 Å². The van der Waals surface area contributed by atoms with E-state index in [0.29, 0.717) is 5.56 Å². The first-order valence-corrected chi connectivity index (χ1v) is 4.47. The van der Waals surface area contributed by atoms with E-state index in [0.717, 1.165) is 0 Å². The third-order valence-corrected chi connectivity index (χ3v) is 1.65. The van der Waals surface area contributed by atoms with Crippen LogP contribution in [0.4, 0.5) is 0 Å². The number of phenolic OH excluding ortho intramolecular Hbond substituents is 1. The Morgan fingerprint density at radius 1 is 1.40 bits per heavy atom. The van der Waals surface area contributed by atoms with Gasteiger partial charge in [0.2, 0.25) is 0 Å². The molecule has 0 aliphatic rings. The number of hydrogen-bond acceptors (Lipinski definition) is 3. The molecule has 1 amide bonds. The van der Waals surface area contributed by atoms with Crippen molar-refractivity contribution in [2.45, 2.75) is 6.92 Å². The van der Waals surface area contributed by atoms with Crippen molar-refractivity contribution in [1.82, 2.24) is 5.43 Å². The molecule has 0 atom stereocenters. The van der Waals surface area contributed by atoms with Crippen LogP contribution in [0.3, 0.4) is 0 Å². The van der Waals surface area contributed by atoms with Crippen LogP contribution in [-0.4, -0.2) is 17.2 Å². The minimum absolute atomic E-state index is 0.129. The van der Waals surface area contributed by atoms with E-state index in [4.69, 9.17) is 5.11 Å². The highest BCUT2D eigenvalue weighted by Crippen LogP contribution is 2.09.